The smallest absolute Gasteiger partial charge is 0.264 e. The second-order valence-electron chi connectivity index (χ2n) is 9.83. The lowest BCUT2D eigenvalue weighted by molar-refractivity contribution is -0.140. The normalized spacial score (nSPS) is 14.5. The number of hydrogen-bond acceptors (Lipinski definition) is 4. The molecule has 0 saturated heterocycles. The molecule has 3 aromatic carbocycles. The number of amides is 2. The molecule has 1 saturated carbocycles. The summed E-state index contributed by atoms with van der Waals surface area (Å²) in [5.41, 5.74) is 0.899. The van der Waals surface area contributed by atoms with E-state index in [1.54, 1.807) is 54.6 Å². The molecule has 1 atom stereocenters. The number of nitrogens with zero attached hydrogens (tertiary/aromatic N) is 2. The Kier molecular flexibility index (Phi) is 10.1. The Morgan fingerprint density at radius 1 is 0.950 bits per heavy atom. The van der Waals surface area contributed by atoms with Crippen molar-refractivity contribution in [3.8, 4) is 0 Å². The maximum Gasteiger partial charge on any atom is 0.264 e. The predicted molar refractivity (Wildman–Crippen MR) is 159 cm³/mol. The summed E-state index contributed by atoms with van der Waals surface area (Å²) < 4.78 is 28.7. The first-order valence-electron chi connectivity index (χ1n) is 13.4. The van der Waals surface area contributed by atoms with Gasteiger partial charge in [0.25, 0.3) is 10.0 Å². The number of anilines is 1. The van der Waals surface area contributed by atoms with Crippen molar-refractivity contribution in [3.63, 3.8) is 0 Å². The fourth-order valence-electron chi connectivity index (χ4n) is 4.98. The molecule has 1 aliphatic carbocycles. The average Bonchev–Trinajstić information content (AvgIpc) is 3.46. The van der Waals surface area contributed by atoms with Crippen LogP contribution in [0, 0.1) is 0 Å². The summed E-state index contributed by atoms with van der Waals surface area (Å²) in [5.74, 6) is -0.789. The second kappa shape index (κ2) is 13.5. The van der Waals surface area contributed by atoms with E-state index in [1.165, 1.54) is 23.1 Å². The third-order valence-electron chi connectivity index (χ3n) is 7.09. The van der Waals surface area contributed by atoms with E-state index >= 15 is 0 Å². The lowest BCUT2D eigenvalue weighted by atomic mass is 10.1. The minimum atomic E-state index is -4.15. The number of carbonyl (C=O) groups is 2. The van der Waals surface area contributed by atoms with Crippen molar-refractivity contribution < 1.29 is 18.0 Å². The third kappa shape index (κ3) is 7.16. The van der Waals surface area contributed by atoms with Crippen LogP contribution in [0.4, 0.5) is 5.69 Å². The maximum absolute atomic E-state index is 14.1. The monoisotopic (exact) mass is 601 g/mol. The molecule has 3 aromatic rings. The lowest BCUT2D eigenvalue weighted by Gasteiger charge is -2.34. The van der Waals surface area contributed by atoms with E-state index in [0.29, 0.717) is 22.0 Å². The third-order valence-corrected chi connectivity index (χ3v) is 9.48. The first-order chi connectivity index (χ1) is 19.2. The summed E-state index contributed by atoms with van der Waals surface area (Å²) in [6, 6.07) is 20.6. The van der Waals surface area contributed by atoms with Gasteiger partial charge < -0.3 is 10.2 Å². The molecule has 1 N–H and O–H groups in total. The average molecular weight is 603 g/mol. The predicted octanol–water partition coefficient (Wildman–Crippen LogP) is 6.05. The van der Waals surface area contributed by atoms with Gasteiger partial charge in [-0.3, -0.25) is 13.9 Å². The van der Waals surface area contributed by atoms with Crippen molar-refractivity contribution in [1.82, 2.24) is 10.2 Å². The van der Waals surface area contributed by atoms with Crippen molar-refractivity contribution in [2.24, 2.45) is 0 Å². The van der Waals surface area contributed by atoms with Gasteiger partial charge >= 0.3 is 0 Å². The van der Waals surface area contributed by atoms with Gasteiger partial charge in [0.1, 0.15) is 12.6 Å². The van der Waals surface area contributed by atoms with Crippen molar-refractivity contribution in [3.05, 3.63) is 94.5 Å². The topological polar surface area (TPSA) is 86.8 Å². The molecule has 7 nitrogen and oxygen atoms in total. The highest BCUT2D eigenvalue weighted by atomic mass is 35.5. The molecule has 0 heterocycles. The summed E-state index contributed by atoms with van der Waals surface area (Å²) in [6.07, 6.45) is 4.25. The van der Waals surface area contributed by atoms with Crippen molar-refractivity contribution in [2.45, 2.75) is 62.6 Å². The van der Waals surface area contributed by atoms with Gasteiger partial charge in [0.05, 0.1) is 10.6 Å². The Hall–Kier alpha value is -3.07. The number of carbonyl (C=O) groups excluding carboxylic acids is 2. The molecule has 0 aliphatic heterocycles. The van der Waals surface area contributed by atoms with Gasteiger partial charge in [0.2, 0.25) is 11.8 Å². The Bertz CT molecular complexity index is 1430. The summed E-state index contributed by atoms with van der Waals surface area (Å²) in [4.78, 5) is 29.1. The van der Waals surface area contributed by atoms with Crippen LogP contribution >= 0.6 is 23.2 Å². The molecular weight excluding hydrogens is 569 g/mol. The Morgan fingerprint density at radius 2 is 1.62 bits per heavy atom. The Morgan fingerprint density at radius 3 is 2.27 bits per heavy atom. The fraction of sp³-hybridized carbons (Fsp3) is 0.333. The maximum atomic E-state index is 14.1. The lowest BCUT2D eigenvalue weighted by Crippen LogP contribution is -2.53. The van der Waals surface area contributed by atoms with E-state index in [1.807, 2.05) is 13.0 Å². The van der Waals surface area contributed by atoms with Gasteiger partial charge in [-0.2, -0.15) is 0 Å². The van der Waals surface area contributed by atoms with Crippen LogP contribution in [0.2, 0.25) is 10.0 Å². The summed E-state index contributed by atoms with van der Waals surface area (Å²) in [5, 5.41) is 3.88. The molecule has 1 aliphatic rings. The number of nitrogens with one attached hydrogen (secondary N) is 1. The minimum absolute atomic E-state index is 0.0337. The Labute approximate surface area is 246 Å². The minimum Gasteiger partial charge on any atom is -0.352 e. The SMILES string of the molecule is CC[C@@H](C(=O)NC1CCCC1)N(Cc1ccccc1Cl)C(=O)CN(c1cccc(Cl)c1)S(=O)(=O)c1ccccc1. The van der Waals surface area contributed by atoms with E-state index in [4.69, 9.17) is 23.2 Å². The zero-order valence-electron chi connectivity index (χ0n) is 22.3. The fourth-order valence-corrected chi connectivity index (χ4v) is 6.78. The van der Waals surface area contributed by atoms with Crippen LogP contribution in [0.25, 0.3) is 0 Å². The molecule has 0 spiro atoms. The number of rotatable bonds is 11. The number of benzene rings is 3. The summed E-state index contributed by atoms with van der Waals surface area (Å²) in [6.45, 7) is 1.35. The van der Waals surface area contributed by atoms with E-state index in [9.17, 15) is 18.0 Å². The van der Waals surface area contributed by atoms with Crippen LogP contribution in [0.5, 0.6) is 0 Å². The largest absolute Gasteiger partial charge is 0.352 e. The molecule has 212 valence electrons. The molecule has 1 fully saturated rings. The quantitative estimate of drug-likeness (QED) is 0.289. The van der Waals surface area contributed by atoms with Crippen molar-refractivity contribution in [1.29, 1.82) is 0 Å². The standard InChI is InChI=1S/C30H33Cl2N3O4S/c1-2-28(30(37)33-24-13-7-8-14-24)34(20-22-11-6-9-18-27(22)32)29(36)21-35(25-15-10-12-23(31)19-25)40(38,39)26-16-4-3-5-17-26/h3-6,9-12,15-19,24,28H,2,7-8,13-14,20-21H2,1H3,(H,33,37)/t28-/m0/s1. The molecule has 2 amide bonds. The summed E-state index contributed by atoms with van der Waals surface area (Å²) in [7, 11) is -4.15. The molecular formula is C30H33Cl2N3O4S. The molecule has 0 aromatic heterocycles. The molecule has 4 rings (SSSR count). The number of sulfonamides is 1. The first kappa shape index (κ1) is 29.9. The van der Waals surface area contributed by atoms with E-state index in [-0.39, 0.29) is 29.1 Å². The van der Waals surface area contributed by atoms with E-state index in [0.717, 1.165) is 30.0 Å². The summed E-state index contributed by atoms with van der Waals surface area (Å²) >= 11 is 12.7. The van der Waals surface area contributed by atoms with Gasteiger partial charge in [-0.05, 0) is 61.2 Å². The Balaban J connectivity index is 1.71. The first-order valence-corrected chi connectivity index (χ1v) is 15.6. The van der Waals surface area contributed by atoms with Gasteiger partial charge in [0, 0.05) is 22.6 Å². The molecule has 0 bridgehead atoms. The number of halogens is 2. The zero-order valence-corrected chi connectivity index (χ0v) is 24.6. The molecule has 0 radical (unpaired) electrons. The van der Waals surface area contributed by atoms with Crippen LogP contribution < -0.4 is 9.62 Å². The van der Waals surface area contributed by atoms with Gasteiger partial charge in [-0.15, -0.1) is 0 Å². The van der Waals surface area contributed by atoms with E-state index in [2.05, 4.69) is 5.32 Å². The van der Waals surface area contributed by atoms with Crippen LogP contribution in [0.3, 0.4) is 0 Å². The molecule has 0 unspecified atom stereocenters. The zero-order chi connectivity index (χ0) is 28.7. The van der Waals surface area contributed by atoms with Crippen molar-refractivity contribution >= 4 is 50.7 Å². The molecule has 40 heavy (non-hydrogen) atoms. The number of hydrogen-bond donors (Lipinski definition) is 1. The highest BCUT2D eigenvalue weighted by Crippen LogP contribution is 2.28. The highest BCUT2D eigenvalue weighted by Gasteiger charge is 2.34. The van der Waals surface area contributed by atoms with Crippen LogP contribution in [-0.4, -0.2) is 43.8 Å². The van der Waals surface area contributed by atoms with Crippen LogP contribution in [0.1, 0.15) is 44.6 Å². The van der Waals surface area contributed by atoms with Crippen LogP contribution in [0.15, 0.2) is 83.8 Å². The second-order valence-corrected chi connectivity index (χ2v) is 12.5. The molecule has 10 heteroatoms. The highest BCUT2D eigenvalue weighted by molar-refractivity contribution is 7.92. The van der Waals surface area contributed by atoms with Gasteiger partial charge in [-0.1, -0.05) is 85.4 Å². The van der Waals surface area contributed by atoms with Gasteiger partial charge in [0.15, 0.2) is 0 Å². The van der Waals surface area contributed by atoms with Crippen LogP contribution in [-0.2, 0) is 26.2 Å². The van der Waals surface area contributed by atoms with Crippen molar-refractivity contribution in [2.75, 3.05) is 10.8 Å². The van der Waals surface area contributed by atoms with E-state index < -0.39 is 28.5 Å². The van der Waals surface area contributed by atoms with Gasteiger partial charge in [-0.25, -0.2) is 8.42 Å².